The molecule has 1 aromatic carbocycles. The molecule has 1 atom stereocenters. The average molecular weight is 375 g/mol. The van der Waals surface area contributed by atoms with E-state index in [2.05, 4.69) is 10.6 Å². The Kier molecular flexibility index (Phi) is 6.44. The summed E-state index contributed by atoms with van der Waals surface area (Å²) in [6, 6.07) is 6.50. The van der Waals surface area contributed by atoms with Crippen LogP contribution in [0.25, 0.3) is 10.9 Å². The van der Waals surface area contributed by atoms with Crippen LogP contribution in [0.1, 0.15) is 30.8 Å². The number of hydrogen-bond donors (Lipinski definition) is 3. The van der Waals surface area contributed by atoms with E-state index in [1.54, 1.807) is 24.8 Å². The van der Waals surface area contributed by atoms with Gasteiger partial charge in [-0.05, 0) is 30.2 Å². The number of fused-ring (bicyclic) bond motifs is 1. The van der Waals surface area contributed by atoms with E-state index in [1.165, 1.54) is 0 Å². The fraction of sp³-hybridized carbons (Fsp3) is 0.421. The molecule has 0 unspecified atom stereocenters. The topological polar surface area (TPSA) is 110 Å². The second-order valence-electron chi connectivity index (χ2n) is 6.64. The first-order valence-corrected chi connectivity index (χ1v) is 8.68. The van der Waals surface area contributed by atoms with Gasteiger partial charge in [0.1, 0.15) is 17.5 Å². The van der Waals surface area contributed by atoms with E-state index in [-0.39, 0.29) is 24.8 Å². The van der Waals surface area contributed by atoms with Crippen molar-refractivity contribution < 1.29 is 24.2 Å². The highest BCUT2D eigenvalue weighted by Gasteiger charge is 2.26. The Hall–Kier alpha value is -3.03. The largest absolute Gasteiger partial charge is 0.497 e. The van der Waals surface area contributed by atoms with Crippen LogP contribution in [0, 0.1) is 5.92 Å². The number of hydrogen-bond acceptors (Lipinski definition) is 4. The fourth-order valence-corrected chi connectivity index (χ4v) is 2.83. The molecule has 0 aliphatic carbocycles. The SMILES string of the molecule is COc1ccc2c(c1)cc(C(=O)N[C@H](C(=O)NCCC(=O)O)C(C)C)n2C. The summed E-state index contributed by atoms with van der Waals surface area (Å²) in [6.45, 7) is 3.64. The van der Waals surface area contributed by atoms with Crippen molar-refractivity contribution in [2.45, 2.75) is 26.3 Å². The van der Waals surface area contributed by atoms with Gasteiger partial charge in [0.25, 0.3) is 5.91 Å². The van der Waals surface area contributed by atoms with Crippen LogP contribution in [0.2, 0.25) is 0 Å². The van der Waals surface area contributed by atoms with Gasteiger partial charge in [0, 0.05) is 24.5 Å². The van der Waals surface area contributed by atoms with E-state index in [1.807, 2.05) is 32.0 Å². The van der Waals surface area contributed by atoms with E-state index in [4.69, 9.17) is 9.84 Å². The number of ether oxygens (including phenoxy) is 1. The summed E-state index contributed by atoms with van der Waals surface area (Å²) < 4.78 is 6.96. The molecule has 0 fully saturated rings. The van der Waals surface area contributed by atoms with E-state index in [0.29, 0.717) is 11.4 Å². The number of rotatable bonds is 8. The lowest BCUT2D eigenvalue weighted by atomic mass is 10.0. The van der Waals surface area contributed by atoms with Gasteiger partial charge in [0.15, 0.2) is 0 Å². The van der Waals surface area contributed by atoms with Gasteiger partial charge in [0.2, 0.25) is 5.91 Å². The molecule has 0 bridgehead atoms. The Morgan fingerprint density at radius 3 is 2.52 bits per heavy atom. The van der Waals surface area contributed by atoms with Crippen molar-refractivity contribution in [3.05, 3.63) is 30.0 Å². The number of amides is 2. The first kappa shape index (κ1) is 20.3. The van der Waals surface area contributed by atoms with Crippen LogP contribution >= 0.6 is 0 Å². The summed E-state index contributed by atoms with van der Waals surface area (Å²) in [7, 11) is 3.36. The molecule has 0 aliphatic rings. The van der Waals surface area contributed by atoms with Gasteiger partial charge >= 0.3 is 5.97 Å². The lowest BCUT2D eigenvalue weighted by Gasteiger charge is -2.21. The van der Waals surface area contributed by atoms with Gasteiger partial charge in [-0.15, -0.1) is 0 Å². The van der Waals surface area contributed by atoms with Crippen molar-refractivity contribution in [3.63, 3.8) is 0 Å². The maximum atomic E-state index is 12.8. The number of aromatic nitrogens is 1. The smallest absolute Gasteiger partial charge is 0.305 e. The molecule has 8 nitrogen and oxygen atoms in total. The van der Waals surface area contributed by atoms with Crippen LogP contribution in [0.5, 0.6) is 5.75 Å². The Labute approximate surface area is 157 Å². The molecule has 1 aromatic heterocycles. The van der Waals surface area contributed by atoms with Crippen LogP contribution in [0.3, 0.4) is 0 Å². The van der Waals surface area contributed by atoms with Crippen molar-refractivity contribution in [1.29, 1.82) is 0 Å². The molecule has 2 amide bonds. The van der Waals surface area contributed by atoms with E-state index < -0.39 is 17.9 Å². The Morgan fingerprint density at radius 1 is 1.22 bits per heavy atom. The van der Waals surface area contributed by atoms with E-state index in [0.717, 1.165) is 10.9 Å². The highest BCUT2D eigenvalue weighted by atomic mass is 16.5. The van der Waals surface area contributed by atoms with Gasteiger partial charge < -0.3 is 25.0 Å². The fourth-order valence-electron chi connectivity index (χ4n) is 2.83. The third kappa shape index (κ3) is 4.78. The number of nitrogens with one attached hydrogen (secondary N) is 2. The maximum absolute atomic E-state index is 12.8. The highest BCUT2D eigenvalue weighted by Crippen LogP contribution is 2.24. The Morgan fingerprint density at radius 2 is 1.93 bits per heavy atom. The minimum Gasteiger partial charge on any atom is -0.497 e. The number of carboxylic acid groups (broad SMARTS) is 1. The molecule has 2 aromatic rings. The second kappa shape index (κ2) is 8.57. The standard InChI is InChI=1S/C19H25N3O5/c1-11(2)17(19(26)20-8-7-16(23)24)21-18(25)15-10-12-9-13(27-4)5-6-14(12)22(15)3/h5-6,9-11,17H,7-8H2,1-4H3,(H,20,26)(H,21,25)(H,23,24)/t17-/m0/s1. The Balaban J connectivity index is 2.17. The molecule has 3 N–H and O–H groups in total. The molecular weight excluding hydrogens is 350 g/mol. The van der Waals surface area contributed by atoms with Crippen molar-refractivity contribution >= 4 is 28.7 Å². The molecule has 2 rings (SSSR count). The number of carbonyl (C=O) groups is 3. The third-order valence-electron chi connectivity index (χ3n) is 4.36. The van der Waals surface area contributed by atoms with Crippen molar-refractivity contribution in [2.24, 2.45) is 13.0 Å². The molecule has 0 saturated heterocycles. The average Bonchev–Trinajstić information content (AvgIpc) is 2.94. The number of benzene rings is 1. The lowest BCUT2D eigenvalue weighted by Crippen LogP contribution is -2.50. The van der Waals surface area contributed by atoms with Gasteiger partial charge in [-0.25, -0.2) is 0 Å². The highest BCUT2D eigenvalue weighted by molar-refractivity contribution is 6.01. The van der Waals surface area contributed by atoms with Crippen molar-refractivity contribution in [1.82, 2.24) is 15.2 Å². The molecule has 0 spiro atoms. The van der Waals surface area contributed by atoms with Crippen molar-refractivity contribution in [2.75, 3.05) is 13.7 Å². The van der Waals surface area contributed by atoms with Crippen molar-refractivity contribution in [3.8, 4) is 5.75 Å². The molecule has 27 heavy (non-hydrogen) atoms. The zero-order chi connectivity index (χ0) is 20.1. The predicted molar refractivity (Wildman–Crippen MR) is 101 cm³/mol. The van der Waals surface area contributed by atoms with Gasteiger partial charge in [-0.1, -0.05) is 13.8 Å². The summed E-state index contributed by atoms with van der Waals surface area (Å²) in [4.78, 5) is 35.7. The summed E-state index contributed by atoms with van der Waals surface area (Å²) in [5.74, 6) is -1.24. The predicted octanol–water partition coefficient (Wildman–Crippen LogP) is 1.53. The summed E-state index contributed by atoms with van der Waals surface area (Å²) in [5, 5.41) is 14.8. The maximum Gasteiger partial charge on any atom is 0.305 e. The summed E-state index contributed by atoms with van der Waals surface area (Å²) in [6.07, 6.45) is -0.171. The molecule has 1 heterocycles. The first-order valence-electron chi connectivity index (χ1n) is 8.68. The van der Waals surface area contributed by atoms with E-state index in [9.17, 15) is 14.4 Å². The molecule has 0 aliphatic heterocycles. The minimum absolute atomic E-state index is 0.0150. The van der Waals surface area contributed by atoms with Gasteiger partial charge in [-0.2, -0.15) is 0 Å². The molecule has 8 heteroatoms. The lowest BCUT2D eigenvalue weighted by molar-refractivity contribution is -0.137. The number of methoxy groups -OCH3 is 1. The molecule has 0 radical (unpaired) electrons. The van der Waals surface area contributed by atoms with Crippen LogP contribution in [0.15, 0.2) is 24.3 Å². The number of carbonyl (C=O) groups excluding carboxylic acids is 2. The number of nitrogens with zero attached hydrogens (tertiary/aromatic N) is 1. The summed E-state index contributed by atoms with van der Waals surface area (Å²) >= 11 is 0. The quantitative estimate of drug-likeness (QED) is 0.648. The normalized spacial score (nSPS) is 12.0. The first-order chi connectivity index (χ1) is 12.7. The Bertz CT molecular complexity index is 856. The van der Waals surface area contributed by atoms with Crippen LogP contribution in [-0.2, 0) is 16.6 Å². The molecule has 146 valence electrons. The number of carboxylic acids is 1. The molecule has 0 saturated carbocycles. The zero-order valence-corrected chi connectivity index (χ0v) is 15.9. The van der Waals surface area contributed by atoms with Crippen LogP contribution in [-0.4, -0.2) is 47.2 Å². The van der Waals surface area contributed by atoms with E-state index >= 15 is 0 Å². The monoisotopic (exact) mass is 375 g/mol. The van der Waals surface area contributed by atoms with Crippen LogP contribution in [0.4, 0.5) is 0 Å². The van der Waals surface area contributed by atoms with Gasteiger partial charge in [-0.3, -0.25) is 14.4 Å². The number of aryl methyl sites for hydroxylation is 1. The second-order valence-corrected chi connectivity index (χ2v) is 6.64. The summed E-state index contributed by atoms with van der Waals surface area (Å²) in [5.41, 5.74) is 1.29. The van der Waals surface area contributed by atoms with Crippen LogP contribution < -0.4 is 15.4 Å². The number of aliphatic carboxylic acids is 1. The zero-order valence-electron chi connectivity index (χ0n) is 15.9. The minimum atomic E-state index is -0.994. The van der Waals surface area contributed by atoms with Gasteiger partial charge in [0.05, 0.1) is 13.5 Å². The third-order valence-corrected chi connectivity index (χ3v) is 4.36. The molecular formula is C19H25N3O5.